The molecule has 106 valence electrons. The molecule has 5 heteroatoms. The molecule has 0 atom stereocenters. The first-order valence-corrected chi connectivity index (χ1v) is 7.10. The van der Waals surface area contributed by atoms with Gasteiger partial charge in [0.25, 0.3) is 0 Å². The summed E-state index contributed by atoms with van der Waals surface area (Å²) in [6, 6.07) is 1.77. The van der Waals surface area contributed by atoms with E-state index in [0.717, 1.165) is 24.6 Å². The van der Waals surface area contributed by atoms with Crippen LogP contribution in [-0.4, -0.2) is 16.1 Å². The molecule has 3 N–H and O–H groups in total. The lowest BCUT2D eigenvalue weighted by Gasteiger charge is -2.26. The van der Waals surface area contributed by atoms with Crippen molar-refractivity contribution in [3.8, 4) is 5.88 Å². The number of hydrogen-bond acceptors (Lipinski definition) is 5. The zero-order chi connectivity index (χ0) is 13.8. The van der Waals surface area contributed by atoms with E-state index >= 15 is 0 Å². The molecule has 0 aliphatic heterocycles. The van der Waals surface area contributed by atoms with Crippen molar-refractivity contribution in [2.75, 3.05) is 5.43 Å². The van der Waals surface area contributed by atoms with Gasteiger partial charge >= 0.3 is 0 Å². The Balaban J connectivity index is 2.08. The van der Waals surface area contributed by atoms with Crippen molar-refractivity contribution in [2.45, 2.75) is 58.5 Å². The molecule has 0 bridgehead atoms. The minimum absolute atomic E-state index is 0.252. The van der Waals surface area contributed by atoms with E-state index in [1.54, 1.807) is 6.07 Å². The van der Waals surface area contributed by atoms with Gasteiger partial charge in [-0.3, -0.25) is 0 Å². The summed E-state index contributed by atoms with van der Waals surface area (Å²) in [7, 11) is 0. The maximum atomic E-state index is 5.99. The van der Waals surface area contributed by atoms with Crippen molar-refractivity contribution in [1.29, 1.82) is 0 Å². The van der Waals surface area contributed by atoms with Crippen LogP contribution in [0.4, 0.5) is 5.82 Å². The Kier molecular flexibility index (Phi) is 4.58. The van der Waals surface area contributed by atoms with Crippen molar-refractivity contribution < 1.29 is 4.74 Å². The first-order chi connectivity index (χ1) is 9.08. The number of nitrogens with zero attached hydrogens (tertiary/aromatic N) is 2. The summed E-state index contributed by atoms with van der Waals surface area (Å²) in [6.07, 6.45) is 4.95. The second-order valence-corrected chi connectivity index (χ2v) is 5.75. The summed E-state index contributed by atoms with van der Waals surface area (Å²) in [4.78, 5) is 8.79. The molecule has 1 aromatic heterocycles. The number of nitrogens with two attached hydrogens (primary N) is 1. The van der Waals surface area contributed by atoms with E-state index in [0.29, 0.717) is 11.7 Å². The fourth-order valence-corrected chi connectivity index (χ4v) is 2.35. The van der Waals surface area contributed by atoms with E-state index in [9.17, 15) is 0 Å². The van der Waals surface area contributed by atoms with Crippen molar-refractivity contribution >= 4 is 5.82 Å². The number of hydrazine groups is 1. The van der Waals surface area contributed by atoms with Gasteiger partial charge in [0.15, 0.2) is 0 Å². The average Bonchev–Trinajstić information content (AvgIpc) is 2.41. The van der Waals surface area contributed by atoms with Crippen molar-refractivity contribution in [3.05, 3.63) is 11.9 Å². The normalized spacial score (nSPS) is 23.4. The van der Waals surface area contributed by atoms with Crippen LogP contribution in [-0.2, 0) is 0 Å². The average molecular weight is 264 g/mol. The number of anilines is 1. The van der Waals surface area contributed by atoms with Gasteiger partial charge in [0.2, 0.25) is 5.88 Å². The summed E-state index contributed by atoms with van der Waals surface area (Å²) in [5, 5.41) is 0. The minimum Gasteiger partial charge on any atom is -0.474 e. The number of hydrogen-bond donors (Lipinski definition) is 2. The Bertz CT molecular complexity index is 414. The Labute approximate surface area is 114 Å². The number of aromatic nitrogens is 2. The van der Waals surface area contributed by atoms with Crippen LogP contribution in [0.2, 0.25) is 0 Å². The molecule has 0 radical (unpaired) electrons. The summed E-state index contributed by atoms with van der Waals surface area (Å²) >= 11 is 0. The van der Waals surface area contributed by atoms with Gasteiger partial charge in [-0.05, 0) is 31.6 Å². The molecule has 1 aliphatic carbocycles. The monoisotopic (exact) mass is 264 g/mol. The fraction of sp³-hybridized carbons (Fsp3) is 0.714. The number of nitrogens with one attached hydrogen (secondary N) is 1. The summed E-state index contributed by atoms with van der Waals surface area (Å²) in [6.45, 7) is 6.41. The molecule has 2 rings (SSSR count). The molecule has 19 heavy (non-hydrogen) atoms. The topological polar surface area (TPSA) is 73.1 Å². The smallest absolute Gasteiger partial charge is 0.219 e. The standard InChI is InChI=1S/C14H24N4O/c1-9(2)14-16-12(18-15)8-13(17-14)19-11-6-4-10(3)5-7-11/h8-11H,4-7,15H2,1-3H3,(H,16,17,18). The number of nitrogen functional groups attached to an aromatic ring is 1. The van der Waals surface area contributed by atoms with Crippen LogP contribution in [0.5, 0.6) is 5.88 Å². The van der Waals surface area contributed by atoms with Crippen molar-refractivity contribution in [1.82, 2.24) is 9.97 Å². The van der Waals surface area contributed by atoms with Gasteiger partial charge in [0.05, 0.1) is 0 Å². The maximum absolute atomic E-state index is 5.99. The van der Waals surface area contributed by atoms with Crippen molar-refractivity contribution in [3.63, 3.8) is 0 Å². The molecule has 0 aromatic carbocycles. The molecule has 1 fully saturated rings. The molecular weight excluding hydrogens is 240 g/mol. The van der Waals surface area contributed by atoms with Crippen LogP contribution in [0.1, 0.15) is 58.2 Å². The van der Waals surface area contributed by atoms with Gasteiger partial charge in [0.1, 0.15) is 17.7 Å². The second kappa shape index (κ2) is 6.19. The molecule has 0 saturated heterocycles. The Morgan fingerprint density at radius 2 is 1.95 bits per heavy atom. The Hall–Kier alpha value is -1.36. The van der Waals surface area contributed by atoms with Gasteiger partial charge in [-0.25, -0.2) is 10.8 Å². The molecule has 5 nitrogen and oxygen atoms in total. The van der Waals surface area contributed by atoms with Gasteiger partial charge in [0, 0.05) is 12.0 Å². The van der Waals surface area contributed by atoms with Crippen LogP contribution in [0.15, 0.2) is 6.07 Å². The predicted molar refractivity (Wildman–Crippen MR) is 76.0 cm³/mol. The van der Waals surface area contributed by atoms with E-state index < -0.39 is 0 Å². The second-order valence-electron chi connectivity index (χ2n) is 5.75. The SMILES string of the molecule is CC1CCC(Oc2cc(NN)nc(C(C)C)n2)CC1. The Morgan fingerprint density at radius 1 is 1.26 bits per heavy atom. The van der Waals surface area contributed by atoms with Crippen LogP contribution >= 0.6 is 0 Å². The maximum Gasteiger partial charge on any atom is 0.219 e. The summed E-state index contributed by atoms with van der Waals surface area (Å²) in [5.41, 5.74) is 2.58. The van der Waals surface area contributed by atoms with Crippen molar-refractivity contribution in [2.24, 2.45) is 11.8 Å². The quantitative estimate of drug-likeness (QED) is 0.646. The predicted octanol–water partition coefficient (Wildman–Crippen LogP) is 2.84. The molecule has 1 aliphatic rings. The lowest BCUT2D eigenvalue weighted by Crippen LogP contribution is -2.24. The highest BCUT2D eigenvalue weighted by molar-refractivity contribution is 5.37. The van der Waals surface area contributed by atoms with Crippen LogP contribution < -0.4 is 16.0 Å². The molecule has 1 heterocycles. The van der Waals surface area contributed by atoms with E-state index in [-0.39, 0.29) is 12.0 Å². The molecule has 0 unspecified atom stereocenters. The zero-order valence-corrected chi connectivity index (χ0v) is 12.0. The first-order valence-electron chi connectivity index (χ1n) is 7.10. The highest BCUT2D eigenvalue weighted by Crippen LogP contribution is 2.27. The molecule has 1 aromatic rings. The van der Waals surface area contributed by atoms with Gasteiger partial charge in [-0.15, -0.1) is 0 Å². The van der Waals surface area contributed by atoms with Crippen LogP contribution in [0.25, 0.3) is 0 Å². The lowest BCUT2D eigenvalue weighted by molar-refractivity contribution is 0.129. The molecule has 0 amide bonds. The van der Waals surface area contributed by atoms with Crippen LogP contribution in [0.3, 0.4) is 0 Å². The third kappa shape index (κ3) is 3.80. The number of ether oxygens (including phenoxy) is 1. The zero-order valence-electron chi connectivity index (χ0n) is 12.0. The van der Waals surface area contributed by atoms with E-state index in [4.69, 9.17) is 10.6 Å². The largest absolute Gasteiger partial charge is 0.474 e. The fourth-order valence-electron chi connectivity index (χ4n) is 2.35. The Morgan fingerprint density at radius 3 is 2.53 bits per heavy atom. The van der Waals surface area contributed by atoms with E-state index in [1.165, 1.54) is 12.8 Å². The third-order valence-electron chi connectivity index (χ3n) is 3.63. The van der Waals surface area contributed by atoms with E-state index in [1.807, 2.05) is 0 Å². The highest BCUT2D eigenvalue weighted by atomic mass is 16.5. The third-order valence-corrected chi connectivity index (χ3v) is 3.63. The summed E-state index contributed by atoms with van der Waals surface area (Å²) in [5.74, 6) is 8.51. The van der Waals surface area contributed by atoms with Gasteiger partial charge in [-0.1, -0.05) is 20.8 Å². The van der Waals surface area contributed by atoms with Gasteiger partial charge < -0.3 is 10.2 Å². The molecule has 1 saturated carbocycles. The van der Waals surface area contributed by atoms with E-state index in [2.05, 4.69) is 36.2 Å². The molecule has 0 spiro atoms. The van der Waals surface area contributed by atoms with Gasteiger partial charge in [-0.2, -0.15) is 4.98 Å². The number of rotatable bonds is 4. The van der Waals surface area contributed by atoms with Crippen LogP contribution in [0, 0.1) is 5.92 Å². The highest BCUT2D eigenvalue weighted by Gasteiger charge is 2.20. The minimum atomic E-state index is 0.252. The molecular formula is C14H24N4O. The summed E-state index contributed by atoms with van der Waals surface area (Å²) < 4.78 is 5.99. The first kappa shape index (κ1) is 14.1. The lowest BCUT2D eigenvalue weighted by atomic mass is 9.89.